The zero-order chi connectivity index (χ0) is 15.8. The van der Waals surface area contributed by atoms with Gasteiger partial charge >= 0.3 is 0 Å². The minimum atomic E-state index is 0.714. The van der Waals surface area contributed by atoms with Crippen molar-refractivity contribution in [2.45, 2.75) is 6.92 Å². The van der Waals surface area contributed by atoms with E-state index in [1.165, 1.54) is 0 Å². The van der Waals surface area contributed by atoms with Gasteiger partial charge in [-0.15, -0.1) is 5.10 Å². The van der Waals surface area contributed by atoms with Crippen LogP contribution in [0, 0.1) is 6.92 Å². The largest absolute Gasteiger partial charge is 0.490 e. The van der Waals surface area contributed by atoms with Crippen molar-refractivity contribution in [3.05, 3.63) is 42.1 Å². The van der Waals surface area contributed by atoms with Crippen molar-refractivity contribution in [1.82, 2.24) is 20.4 Å². The van der Waals surface area contributed by atoms with Crippen LogP contribution in [0.5, 0.6) is 5.75 Å². The number of hydrogen-bond donors (Lipinski definition) is 1. The molecule has 0 aliphatic carbocycles. The van der Waals surface area contributed by atoms with E-state index in [1.54, 1.807) is 0 Å². The standard InChI is InChI=1S/C17H17N5O/c1-11-4-3-5-13(18-11)17-16(19-21-20-17)12-6-7-15-14(10-12)22(2)8-9-23-15/h3-7,10H,8-9H2,1-2H3,(H,19,20,21). The van der Waals surface area contributed by atoms with Crippen molar-refractivity contribution < 1.29 is 4.74 Å². The van der Waals surface area contributed by atoms with E-state index in [1.807, 2.05) is 37.3 Å². The molecule has 1 N–H and O–H groups in total. The number of H-pyrrole nitrogens is 1. The molecule has 1 aliphatic heterocycles. The molecule has 0 atom stereocenters. The van der Waals surface area contributed by atoms with Crippen molar-refractivity contribution in [3.8, 4) is 28.4 Å². The van der Waals surface area contributed by atoms with Crippen LogP contribution in [0.3, 0.4) is 0 Å². The van der Waals surface area contributed by atoms with E-state index in [9.17, 15) is 0 Å². The summed E-state index contributed by atoms with van der Waals surface area (Å²) in [6.45, 7) is 3.56. The Morgan fingerprint density at radius 1 is 1.22 bits per heavy atom. The van der Waals surface area contributed by atoms with Gasteiger partial charge in [-0.05, 0) is 37.3 Å². The molecule has 23 heavy (non-hydrogen) atoms. The SMILES string of the molecule is Cc1cccc(-c2[nH]nnc2-c2ccc3c(c2)N(C)CCO3)n1. The summed E-state index contributed by atoms with van der Waals surface area (Å²) in [4.78, 5) is 6.75. The quantitative estimate of drug-likeness (QED) is 0.788. The second-order valence-corrected chi connectivity index (χ2v) is 5.65. The van der Waals surface area contributed by atoms with E-state index in [0.29, 0.717) is 6.61 Å². The minimum Gasteiger partial charge on any atom is -0.490 e. The molecule has 4 rings (SSSR count). The van der Waals surface area contributed by atoms with E-state index in [2.05, 4.69) is 38.4 Å². The van der Waals surface area contributed by atoms with Gasteiger partial charge in [-0.3, -0.25) is 10.1 Å². The summed E-state index contributed by atoms with van der Waals surface area (Å²) in [5, 5.41) is 11.2. The Balaban J connectivity index is 1.81. The third-order valence-corrected chi connectivity index (χ3v) is 4.02. The summed E-state index contributed by atoms with van der Waals surface area (Å²) in [6.07, 6.45) is 0. The Morgan fingerprint density at radius 3 is 3.00 bits per heavy atom. The van der Waals surface area contributed by atoms with E-state index in [0.717, 1.165) is 46.3 Å². The predicted molar refractivity (Wildman–Crippen MR) is 88.6 cm³/mol. The number of nitrogens with zero attached hydrogens (tertiary/aromatic N) is 4. The van der Waals surface area contributed by atoms with Crippen LogP contribution in [0.2, 0.25) is 0 Å². The van der Waals surface area contributed by atoms with Gasteiger partial charge in [0.05, 0.1) is 17.9 Å². The number of aromatic amines is 1. The first kappa shape index (κ1) is 13.8. The average molecular weight is 307 g/mol. The Bertz CT molecular complexity index is 858. The van der Waals surface area contributed by atoms with Crippen LogP contribution >= 0.6 is 0 Å². The average Bonchev–Trinajstić information content (AvgIpc) is 3.05. The number of rotatable bonds is 2. The molecule has 0 saturated heterocycles. The van der Waals surface area contributed by atoms with E-state index in [-0.39, 0.29) is 0 Å². The van der Waals surface area contributed by atoms with Crippen LogP contribution in [-0.4, -0.2) is 40.6 Å². The molecule has 0 radical (unpaired) electrons. The van der Waals surface area contributed by atoms with Crippen LogP contribution < -0.4 is 9.64 Å². The zero-order valence-corrected chi connectivity index (χ0v) is 13.1. The molecular weight excluding hydrogens is 290 g/mol. The second kappa shape index (κ2) is 5.39. The maximum Gasteiger partial charge on any atom is 0.142 e. The summed E-state index contributed by atoms with van der Waals surface area (Å²) in [7, 11) is 2.07. The van der Waals surface area contributed by atoms with Crippen LogP contribution in [0.4, 0.5) is 5.69 Å². The van der Waals surface area contributed by atoms with E-state index in [4.69, 9.17) is 4.74 Å². The molecular formula is C17H17N5O. The number of nitrogens with one attached hydrogen (secondary N) is 1. The molecule has 0 unspecified atom stereocenters. The summed E-state index contributed by atoms with van der Waals surface area (Å²) < 4.78 is 5.70. The number of pyridine rings is 1. The van der Waals surface area contributed by atoms with Gasteiger partial charge in [0.2, 0.25) is 0 Å². The third kappa shape index (κ3) is 2.42. The molecule has 0 spiro atoms. The van der Waals surface area contributed by atoms with Crippen molar-refractivity contribution >= 4 is 5.69 Å². The van der Waals surface area contributed by atoms with Gasteiger partial charge in [0, 0.05) is 18.3 Å². The number of ether oxygens (including phenoxy) is 1. The first-order chi connectivity index (χ1) is 11.2. The molecule has 0 bridgehead atoms. The van der Waals surface area contributed by atoms with Crippen LogP contribution in [-0.2, 0) is 0 Å². The smallest absolute Gasteiger partial charge is 0.142 e. The molecule has 0 fully saturated rings. The minimum absolute atomic E-state index is 0.714. The highest BCUT2D eigenvalue weighted by molar-refractivity contribution is 5.79. The monoisotopic (exact) mass is 307 g/mol. The van der Waals surface area contributed by atoms with Gasteiger partial charge in [-0.1, -0.05) is 11.3 Å². The number of anilines is 1. The summed E-state index contributed by atoms with van der Waals surface area (Å²) >= 11 is 0. The molecule has 6 heteroatoms. The van der Waals surface area contributed by atoms with Crippen molar-refractivity contribution in [1.29, 1.82) is 0 Å². The highest BCUT2D eigenvalue weighted by Crippen LogP contribution is 2.36. The lowest BCUT2D eigenvalue weighted by molar-refractivity contribution is 0.311. The number of aryl methyl sites for hydroxylation is 1. The number of hydrogen-bond acceptors (Lipinski definition) is 5. The van der Waals surface area contributed by atoms with E-state index >= 15 is 0 Å². The van der Waals surface area contributed by atoms with Crippen molar-refractivity contribution in [2.24, 2.45) is 0 Å². The summed E-state index contributed by atoms with van der Waals surface area (Å²) in [5.74, 6) is 0.904. The molecule has 116 valence electrons. The Kier molecular flexibility index (Phi) is 3.22. The maximum atomic E-state index is 5.70. The van der Waals surface area contributed by atoms with Gasteiger partial charge in [0.15, 0.2) is 0 Å². The molecule has 0 amide bonds. The molecule has 2 aromatic heterocycles. The molecule has 6 nitrogen and oxygen atoms in total. The molecule has 3 aromatic rings. The summed E-state index contributed by atoms with van der Waals surface area (Å²) in [5.41, 5.74) is 5.49. The third-order valence-electron chi connectivity index (χ3n) is 4.02. The van der Waals surface area contributed by atoms with Crippen molar-refractivity contribution in [3.63, 3.8) is 0 Å². The lowest BCUT2D eigenvalue weighted by Gasteiger charge is -2.27. The Labute approximate surface area is 134 Å². The normalized spacial score (nSPS) is 13.6. The van der Waals surface area contributed by atoms with Crippen molar-refractivity contribution in [2.75, 3.05) is 25.1 Å². The Morgan fingerprint density at radius 2 is 2.13 bits per heavy atom. The fourth-order valence-corrected chi connectivity index (χ4v) is 2.79. The number of benzene rings is 1. The van der Waals surface area contributed by atoms with Crippen LogP contribution in [0.1, 0.15) is 5.69 Å². The van der Waals surface area contributed by atoms with Gasteiger partial charge in [-0.2, -0.15) is 0 Å². The van der Waals surface area contributed by atoms with Gasteiger partial charge < -0.3 is 9.64 Å². The highest BCUT2D eigenvalue weighted by Gasteiger charge is 2.19. The molecule has 3 heterocycles. The van der Waals surface area contributed by atoms with Gasteiger partial charge in [0.25, 0.3) is 0 Å². The maximum absolute atomic E-state index is 5.70. The molecule has 1 aromatic carbocycles. The molecule has 0 saturated carbocycles. The summed E-state index contributed by atoms with van der Waals surface area (Å²) in [6, 6.07) is 12.0. The molecule has 1 aliphatic rings. The second-order valence-electron chi connectivity index (χ2n) is 5.65. The number of likely N-dealkylation sites (N-methyl/N-ethyl adjacent to an activating group) is 1. The van der Waals surface area contributed by atoms with E-state index < -0.39 is 0 Å². The Hall–Kier alpha value is -2.89. The predicted octanol–water partition coefficient (Wildman–Crippen LogP) is 2.67. The van der Waals surface area contributed by atoms with Gasteiger partial charge in [-0.25, -0.2) is 0 Å². The topological polar surface area (TPSA) is 66.9 Å². The number of fused-ring (bicyclic) bond motifs is 1. The zero-order valence-electron chi connectivity index (χ0n) is 13.1. The lowest BCUT2D eigenvalue weighted by Crippen LogP contribution is -2.28. The number of aromatic nitrogens is 4. The highest BCUT2D eigenvalue weighted by atomic mass is 16.5. The first-order valence-corrected chi connectivity index (χ1v) is 7.56. The van der Waals surface area contributed by atoms with Gasteiger partial charge in [0.1, 0.15) is 23.7 Å². The van der Waals surface area contributed by atoms with Crippen LogP contribution in [0.15, 0.2) is 36.4 Å². The fraction of sp³-hybridized carbons (Fsp3) is 0.235. The first-order valence-electron chi connectivity index (χ1n) is 7.56. The van der Waals surface area contributed by atoms with Crippen LogP contribution in [0.25, 0.3) is 22.6 Å². The lowest BCUT2D eigenvalue weighted by atomic mass is 10.1. The fourth-order valence-electron chi connectivity index (χ4n) is 2.79.